The van der Waals surface area contributed by atoms with Crippen molar-refractivity contribution in [1.82, 2.24) is 10.2 Å². The SMILES string of the molecule is C=CCN(CCC)CC1CCCNC1. The molecule has 1 saturated heterocycles. The summed E-state index contributed by atoms with van der Waals surface area (Å²) in [7, 11) is 0. The van der Waals surface area contributed by atoms with E-state index in [0.717, 1.165) is 12.5 Å². The van der Waals surface area contributed by atoms with E-state index >= 15 is 0 Å². The summed E-state index contributed by atoms with van der Waals surface area (Å²) in [6, 6.07) is 0. The monoisotopic (exact) mass is 196 g/mol. The molecule has 1 heterocycles. The van der Waals surface area contributed by atoms with E-state index in [1.165, 1.54) is 45.4 Å². The predicted molar refractivity (Wildman–Crippen MR) is 62.5 cm³/mol. The third kappa shape index (κ3) is 4.25. The van der Waals surface area contributed by atoms with Crippen LogP contribution in [-0.2, 0) is 0 Å². The largest absolute Gasteiger partial charge is 0.316 e. The molecule has 1 unspecified atom stereocenters. The number of hydrogen-bond donors (Lipinski definition) is 1. The number of piperidine rings is 1. The van der Waals surface area contributed by atoms with Crippen LogP contribution in [0.4, 0.5) is 0 Å². The fourth-order valence-electron chi connectivity index (χ4n) is 2.20. The van der Waals surface area contributed by atoms with E-state index in [4.69, 9.17) is 0 Å². The van der Waals surface area contributed by atoms with Gasteiger partial charge in [0, 0.05) is 13.1 Å². The van der Waals surface area contributed by atoms with Crippen molar-refractivity contribution in [3.05, 3.63) is 12.7 Å². The maximum atomic E-state index is 3.82. The van der Waals surface area contributed by atoms with Gasteiger partial charge >= 0.3 is 0 Å². The summed E-state index contributed by atoms with van der Waals surface area (Å²) in [6.45, 7) is 12.0. The summed E-state index contributed by atoms with van der Waals surface area (Å²) >= 11 is 0. The van der Waals surface area contributed by atoms with Gasteiger partial charge < -0.3 is 5.32 Å². The quantitative estimate of drug-likeness (QED) is 0.653. The second kappa shape index (κ2) is 7.02. The zero-order valence-corrected chi connectivity index (χ0v) is 9.47. The standard InChI is InChI=1S/C12H24N2/c1-3-8-14(9-4-2)11-12-6-5-7-13-10-12/h3,12-13H,1,4-11H2,2H3. The van der Waals surface area contributed by atoms with Gasteiger partial charge in [0.15, 0.2) is 0 Å². The number of hydrogen-bond acceptors (Lipinski definition) is 2. The summed E-state index contributed by atoms with van der Waals surface area (Å²) in [6.07, 6.45) is 6.00. The van der Waals surface area contributed by atoms with Crippen molar-refractivity contribution in [2.45, 2.75) is 26.2 Å². The third-order valence-electron chi connectivity index (χ3n) is 2.84. The second-order valence-corrected chi connectivity index (χ2v) is 4.26. The fraction of sp³-hybridized carbons (Fsp3) is 0.833. The van der Waals surface area contributed by atoms with Crippen LogP contribution < -0.4 is 5.32 Å². The molecule has 1 fully saturated rings. The molecule has 0 spiro atoms. The molecular weight excluding hydrogens is 172 g/mol. The van der Waals surface area contributed by atoms with Gasteiger partial charge in [-0.25, -0.2) is 0 Å². The van der Waals surface area contributed by atoms with Gasteiger partial charge in [-0.2, -0.15) is 0 Å². The Kier molecular flexibility index (Phi) is 5.88. The zero-order valence-electron chi connectivity index (χ0n) is 9.47. The zero-order chi connectivity index (χ0) is 10.2. The summed E-state index contributed by atoms with van der Waals surface area (Å²) in [5.74, 6) is 0.857. The predicted octanol–water partition coefficient (Wildman–Crippen LogP) is 1.88. The third-order valence-corrected chi connectivity index (χ3v) is 2.84. The first-order valence-corrected chi connectivity index (χ1v) is 5.90. The van der Waals surface area contributed by atoms with Crippen LogP contribution in [0.15, 0.2) is 12.7 Å². The minimum atomic E-state index is 0.857. The first-order chi connectivity index (χ1) is 6.86. The average Bonchev–Trinajstić information content (AvgIpc) is 2.20. The van der Waals surface area contributed by atoms with Gasteiger partial charge in [-0.3, -0.25) is 4.90 Å². The van der Waals surface area contributed by atoms with Gasteiger partial charge in [0.1, 0.15) is 0 Å². The Bertz CT molecular complexity index is 150. The average molecular weight is 196 g/mol. The molecule has 0 aromatic rings. The number of rotatable bonds is 6. The van der Waals surface area contributed by atoms with E-state index in [9.17, 15) is 0 Å². The van der Waals surface area contributed by atoms with E-state index in [1.807, 2.05) is 6.08 Å². The van der Waals surface area contributed by atoms with E-state index in [-0.39, 0.29) is 0 Å². The second-order valence-electron chi connectivity index (χ2n) is 4.26. The molecule has 0 amide bonds. The Morgan fingerprint density at radius 2 is 2.43 bits per heavy atom. The number of nitrogens with one attached hydrogen (secondary N) is 1. The van der Waals surface area contributed by atoms with Crippen molar-refractivity contribution < 1.29 is 0 Å². The summed E-state index contributed by atoms with van der Waals surface area (Å²) < 4.78 is 0. The van der Waals surface area contributed by atoms with Gasteiger partial charge in [-0.1, -0.05) is 13.0 Å². The van der Waals surface area contributed by atoms with Gasteiger partial charge in [0.05, 0.1) is 0 Å². The molecule has 1 atom stereocenters. The van der Waals surface area contributed by atoms with Gasteiger partial charge in [0.25, 0.3) is 0 Å². The highest BCUT2D eigenvalue weighted by Gasteiger charge is 2.15. The minimum Gasteiger partial charge on any atom is -0.316 e. The molecule has 1 rings (SSSR count). The maximum absolute atomic E-state index is 3.82. The van der Waals surface area contributed by atoms with Gasteiger partial charge in [0.2, 0.25) is 0 Å². The molecule has 1 aliphatic rings. The smallest absolute Gasteiger partial charge is 0.0160 e. The van der Waals surface area contributed by atoms with Crippen LogP contribution in [0, 0.1) is 5.92 Å². The number of nitrogens with zero attached hydrogens (tertiary/aromatic N) is 1. The molecule has 0 aromatic heterocycles. The minimum absolute atomic E-state index is 0.857. The van der Waals surface area contributed by atoms with Crippen LogP contribution in [0.5, 0.6) is 0 Å². The van der Waals surface area contributed by atoms with Crippen LogP contribution in [-0.4, -0.2) is 37.6 Å². The van der Waals surface area contributed by atoms with Crippen LogP contribution in [0.1, 0.15) is 26.2 Å². The Hall–Kier alpha value is -0.340. The maximum Gasteiger partial charge on any atom is 0.0160 e. The van der Waals surface area contributed by atoms with Crippen molar-refractivity contribution in [2.24, 2.45) is 5.92 Å². The molecule has 0 aliphatic carbocycles. The van der Waals surface area contributed by atoms with Crippen molar-refractivity contribution in [2.75, 3.05) is 32.7 Å². The van der Waals surface area contributed by atoms with E-state index in [0.29, 0.717) is 0 Å². The topological polar surface area (TPSA) is 15.3 Å². The van der Waals surface area contributed by atoms with Crippen molar-refractivity contribution in [1.29, 1.82) is 0 Å². The molecule has 2 nitrogen and oxygen atoms in total. The summed E-state index contributed by atoms with van der Waals surface area (Å²) in [4.78, 5) is 2.52. The molecule has 1 aliphatic heterocycles. The lowest BCUT2D eigenvalue weighted by molar-refractivity contribution is 0.225. The molecule has 0 bridgehead atoms. The molecule has 0 radical (unpaired) electrons. The van der Waals surface area contributed by atoms with E-state index < -0.39 is 0 Å². The van der Waals surface area contributed by atoms with E-state index in [1.54, 1.807) is 0 Å². The van der Waals surface area contributed by atoms with Gasteiger partial charge in [-0.05, 0) is 44.8 Å². The Morgan fingerprint density at radius 3 is 3.00 bits per heavy atom. The van der Waals surface area contributed by atoms with Crippen LogP contribution in [0.2, 0.25) is 0 Å². The lowest BCUT2D eigenvalue weighted by atomic mass is 9.99. The molecular formula is C12H24N2. The fourth-order valence-corrected chi connectivity index (χ4v) is 2.20. The molecule has 0 saturated carbocycles. The van der Waals surface area contributed by atoms with Crippen molar-refractivity contribution >= 4 is 0 Å². The summed E-state index contributed by atoms with van der Waals surface area (Å²) in [5, 5.41) is 3.47. The lowest BCUT2D eigenvalue weighted by Gasteiger charge is -2.29. The highest BCUT2D eigenvalue weighted by molar-refractivity contribution is 4.78. The molecule has 2 heteroatoms. The van der Waals surface area contributed by atoms with E-state index in [2.05, 4.69) is 23.7 Å². The first-order valence-electron chi connectivity index (χ1n) is 5.90. The van der Waals surface area contributed by atoms with Crippen LogP contribution >= 0.6 is 0 Å². The van der Waals surface area contributed by atoms with Crippen molar-refractivity contribution in [3.8, 4) is 0 Å². The van der Waals surface area contributed by atoms with Crippen LogP contribution in [0.3, 0.4) is 0 Å². The molecule has 1 N–H and O–H groups in total. The Labute approximate surface area is 88.4 Å². The first kappa shape index (κ1) is 11.7. The molecule has 14 heavy (non-hydrogen) atoms. The van der Waals surface area contributed by atoms with Crippen LogP contribution in [0.25, 0.3) is 0 Å². The lowest BCUT2D eigenvalue weighted by Crippen LogP contribution is -2.38. The molecule has 82 valence electrons. The normalized spacial score (nSPS) is 22.6. The molecule has 0 aromatic carbocycles. The Balaban J connectivity index is 2.25. The van der Waals surface area contributed by atoms with Gasteiger partial charge in [-0.15, -0.1) is 6.58 Å². The summed E-state index contributed by atoms with van der Waals surface area (Å²) in [5.41, 5.74) is 0. The van der Waals surface area contributed by atoms with Crippen molar-refractivity contribution in [3.63, 3.8) is 0 Å². The highest BCUT2D eigenvalue weighted by Crippen LogP contribution is 2.11. The highest BCUT2D eigenvalue weighted by atomic mass is 15.1. The Morgan fingerprint density at radius 1 is 1.57 bits per heavy atom.